The molecule has 0 aliphatic rings. The Hall–Kier alpha value is -2.34. The van der Waals surface area contributed by atoms with Gasteiger partial charge in [-0.3, -0.25) is 9.59 Å². The lowest BCUT2D eigenvalue weighted by atomic mass is 10.1. The van der Waals surface area contributed by atoms with Gasteiger partial charge in [-0.05, 0) is 49.1 Å². The number of amides is 2. The number of hydrogen-bond acceptors (Lipinski definition) is 3. The first-order chi connectivity index (χ1) is 14.4. The minimum atomic E-state index is -0.551. The maximum atomic E-state index is 13.0. The van der Waals surface area contributed by atoms with E-state index in [0.717, 1.165) is 15.8 Å². The molecule has 0 bridgehead atoms. The molecular weight excluding hydrogens is 444 g/mol. The second-order valence-corrected chi connectivity index (χ2v) is 8.65. The fourth-order valence-electron chi connectivity index (χ4n) is 2.94. The minimum Gasteiger partial charge on any atom is -0.494 e. The minimum absolute atomic E-state index is 0.0566. The molecule has 5 nitrogen and oxygen atoms in total. The van der Waals surface area contributed by atoms with Gasteiger partial charge in [0.2, 0.25) is 11.8 Å². The third-order valence-electron chi connectivity index (χ3n) is 4.64. The summed E-state index contributed by atoms with van der Waals surface area (Å²) in [5.41, 5.74) is 0.974. The summed E-state index contributed by atoms with van der Waals surface area (Å²) in [6.45, 7) is 7.30. The van der Waals surface area contributed by atoms with Crippen molar-refractivity contribution in [3.8, 4) is 5.75 Å². The van der Waals surface area contributed by atoms with E-state index in [4.69, 9.17) is 4.74 Å². The summed E-state index contributed by atoms with van der Waals surface area (Å²) >= 11 is 3.47. The predicted molar refractivity (Wildman–Crippen MR) is 123 cm³/mol. The Morgan fingerprint density at radius 1 is 1.07 bits per heavy atom. The van der Waals surface area contributed by atoms with Crippen molar-refractivity contribution in [1.82, 2.24) is 10.2 Å². The highest BCUT2D eigenvalue weighted by Crippen LogP contribution is 2.17. The Morgan fingerprint density at radius 3 is 2.47 bits per heavy atom. The van der Waals surface area contributed by atoms with Crippen LogP contribution in [-0.2, 0) is 16.1 Å². The fourth-order valence-corrected chi connectivity index (χ4v) is 3.39. The molecule has 2 rings (SSSR count). The molecule has 0 aromatic heterocycles. The van der Waals surface area contributed by atoms with Crippen LogP contribution in [0.2, 0.25) is 0 Å². The van der Waals surface area contributed by atoms with Gasteiger partial charge >= 0.3 is 0 Å². The Labute approximate surface area is 187 Å². The summed E-state index contributed by atoms with van der Waals surface area (Å²) in [4.78, 5) is 27.3. The standard InChI is InChI=1S/C24H31BrN2O3/c1-18(2)16-26-24(29)19(3)27(17-20-9-7-10-21(25)15-20)23(28)13-8-14-30-22-11-5-4-6-12-22/h4-7,9-12,15,18-19H,8,13-14,16-17H2,1-3H3,(H,26,29)/t19-/m1/s1. The van der Waals surface area contributed by atoms with E-state index in [1.165, 1.54) is 0 Å². The lowest BCUT2D eigenvalue weighted by molar-refractivity contribution is -0.140. The molecule has 0 saturated carbocycles. The number of carbonyl (C=O) groups excluding carboxylic acids is 2. The van der Waals surface area contributed by atoms with Crippen molar-refractivity contribution in [2.75, 3.05) is 13.2 Å². The molecule has 162 valence electrons. The van der Waals surface area contributed by atoms with Crippen LogP contribution in [-0.4, -0.2) is 35.9 Å². The van der Waals surface area contributed by atoms with Crippen LogP contribution in [0.1, 0.15) is 39.2 Å². The highest BCUT2D eigenvalue weighted by molar-refractivity contribution is 9.10. The Balaban J connectivity index is 1.99. The van der Waals surface area contributed by atoms with Crippen LogP contribution in [0.15, 0.2) is 59.1 Å². The van der Waals surface area contributed by atoms with E-state index in [2.05, 4.69) is 21.2 Å². The number of nitrogens with zero attached hydrogens (tertiary/aromatic N) is 1. The van der Waals surface area contributed by atoms with Gasteiger partial charge in [-0.1, -0.05) is 60.1 Å². The van der Waals surface area contributed by atoms with Crippen molar-refractivity contribution in [2.45, 2.75) is 46.2 Å². The monoisotopic (exact) mass is 474 g/mol. The van der Waals surface area contributed by atoms with Crippen molar-refractivity contribution in [3.63, 3.8) is 0 Å². The fraction of sp³-hybridized carbons (Fsp3) is 0.417. The predicted octanol–water partition coefficient (Wildman–Crippen LogP) is 4.80. The van der Waals surface area contributed by atoms with E-state index in [-0.39, 0.29) is 11.8 Å². The van der Waals surface area contributed by atoms with Gasteiger partial charge in [0.1, 0.15) is 11.8 Å². The van der Waals surface area contributed by atoms with E-state index in [9.17, 15) is 9.59 Å². The summed E-state index contributed by atoms with van der Waals surface area (Å²) in [6, 6.07) is 16.8. The van der Waals surface area contributed by atoms with Gasteiger partial charge < -0.3 is 15.0 Å². The molecule has 0 fully saturated rings. The van der Waals surface area contributed by atoms with E-state index in [0.29, 0.717) is 38.5 Å². The lowest BCUT2D eigenvalue weighted by Crippen LogP contribution is -2.48. The maximum Gasteiger partial charge on any atom is 0.242 e. The average Bonchev–Trinajstić information content (AvgIpc) is 2.73. The molecule has 0 unspecified atom stereocenters. The summed E-state index contributed by atoms with van der Waals surface area (Å²) in [5.74, 6) is 0.953. The Bertz CT molecular complexity index is 811. The zero-order valence-electron chi connectivity index (χ0n) is 17.9. The first kappa shape index (κ1) is 23.9. The molecule has 2 amide bonds. The number of halogens is 1. The van der Waals surface area contributed by atoms with Crippen LogP contribution in [0.4, 0.5) is 0 Å². The van der Waals surface area contributed by atoms with E-state index in [1.54, 1.807) is 11.8 Å². The number of hydrogen-bond donors (Lipinski definition) is 1. The Kier molecular flexibility index (Phi) is 9.87. The summed E-state index contributed by atoms with van der Waals surface area (Å²) in [5, 5.41) is 2.94. The van der Waals surface area contributed by atoms with Crippen LogP contribution in [0.5, 0.6) is 5.75 Å². The zero-order valence-corrected chi connectivity index (χ0v) is 19.5. The molecule has 0 heterocycles. The molecule has 1 N–H and O–H groups in total. The molecule has 0 spiro atoms. The molecule has 0 aliphatic carbocycles. The highest BCUT2D eigenvalue weighted by atomic mass is 79.9. The molecular formula is C24H31BrN2O3. The quantitative estimate of drug-likeness (QED) is 0.475. The highest BCUT2D eigenvalue weighted by Gasteiger charge is 2.25. The van der Waals surface area contributed by atoms with Crippen molar-refractivity contribution in [2.24, 2.45) is 5.92 Å². The summed E-state index contributed by atoms with van der Waals surface area (Å²) in [7, 11) is 0. The lowest BCUT2D eigenvalue weighted by Gasteiger charge is -2.29. The second kappa shape index (κ2) is 12.4. The number of carbonyl (C=O) groups is 2. The first-order valence-electron chi connectivity index (χ1n) is 10.4. The second-order valence-electron chi connectivity index (χ2n) is 7.73. The average molecular weight is 475 g/mol. The van der Waals surface area contributed by atoms with Gasteiger partial charge in [-0.25, -0.2) is 0 Å². The van der Waals surface area contributed by atoms with Crippen LogP contribution in [0.25, 0.3) is 0 Å². The number of para-hydroxylation sites is 1. The van der Waals surface area contributed by atoms with Crippen LogP contribution in [0, 0.1) is 5.92 Å². The van der Waals surface area contributed by atoms with E-state index >= 15 is 0 Å². The van der Waals surface area contributed by atoms with E-state index in [1.807, 2.05) is 68.4 Å². The van der Waals surface area contributed by atoms with Gasteiger partial charge in [0.25, 0.3) is 0 Å². The number of rotatable bonds is 11. The van der Waals surface area contributed by atoms with Crippen LogP contribution >= 0.6 is 15.9 Å². The largest absolute Gasteiger partial charge is 0.494 e. The molecule has 2 aromatic carbocycles. The van der Waals surface area contributed by atoms with Gasteiger partial charge in [-0.2, -0.15) is 0 Å². The van der Waals surface area contributed by atoms with Crippen molar-refractivity contribution in [3.05, 3.63) is 64.6 Å². The van der Waals surface area contributed by atoms with Crippen molar-refractivity contribution in [1.29, 1.82) is 0 Å². The van der Waals surface area contributed by atoms with E-state index < -0.39 is 6.04 Å². The van der Waals surface area contributed by atoms with Gasteiger partial charge in [0, 0.05) is 24.0 Å². The number of ether oxygens (including phenoxy) is 1. The topological polar surface area (TPSA) is 58.6 Å². The molecule has 2 aromatic rings. The molecule has 0 saturated heterocycles. The molecule has 0 aliphatic heterocycles. The summed E-state index contributed by atoms with van der Waals surface area (Å²) in [6.07, 6.45) is 0.908. The summed E-state index contributed by atoms with van der Waals surface area (Å²) < 4.78 is 6.63. The molecule has 0 radical (unpaired) electrons. The van der Waals surface area contributed by atoms with Gasteiger partial charge in [0.15, 0.2) is 0 Å². The normalized spacial score (nSPS) is 11.8. The third-order valence-corrected chi connectivity index (χ3v) is 5.13. The number of nitrogens with one attached hydrogen (secondary N) is 1. The SMILES string of the molecule is CC(C)CNC(=O)[C@@H](C)N(Cc1cccc(Br)c1)C(=O)CCCOc1ccccc1. The third kappa shape index (κ3) is 8.19. The molecule has 1 atom stereocenters. The van der Waals surface area contributed by atoms with Crippen LogP contribution < -0.4 is 10.1 Å². The van der Waals surface area contributed by atoms with Crippen LogP contribution in [0.3, 0.4) is 0 Å². The Morgan fingerprint density at radius 2 is 1.80 bits per heavy atom. The maximum absolute atomic E-state index is 13.0. The zero-order chi connectivity index (χ0) is 21.9. The first-order valence-corrected chi connectivity index (χ1v) is 11.2. The molecule has 30 heavy (non-hydrogen) atoms. The molecule has 6 heteroatoms. The number of benzene rings is 2. The van der Waals surface area contributed by atoms with Gasteiger partial charge in [-0.15, -0.1) is 0 Å². The van der Waals surface area contributed by atoms with Crippen molar-refractivity contribution < 1.29 is 14.3 Å². The van der Waals surface area contributed by atoms with Gasteiger partial charge in [0.05, 0.1) is 6.61 Å². The smallest absolute Gasteiger partial charge is 0.242 e. The van der Waals surface area contributed by atoms with Crippen molar-refractivity contribution >= 4 is 27.7 Å².